The van der Waals surface area contributed by atoms with Gasteiger partial charge in [-0.05, 0) is 32.0 Å². The molecule has 0 saturated heterocycles. The van der Waals surface area contributed by atoms with Crippen LogP contribution in [0.4, 0.5) is 11.4 Å². The van der Waals surface area contributed by atoms with Gasteiger partial charge in [0.25, 0.3) is 5.91 Å². The lowest BCUT2D eigenvalue weighted by atomic mass is 10.0. The van der Waals surface area contributed by atoms with Crippen LogP contribution in [0.1, 0.15) is 19.4 Å². The molecule has 0 saturated carbocycles. The number of nitrogens with one attached hydrogen (secondary N) is 2. The zero-order chi connectivity index (χ0) is 15.6. The number of carbonyl (C=O) groups is 1. The van der Waals surface area contributed by atoms with Crippen molar-refractivity contribution < 1.29 is 4.79 Å². The van der Waals surface area contributed by atoms with Gasteiger partial charge in [-0.3, -0.25) is 10.2 Å². The van der Waals surface area contributed by atoms with E-state index in [1.165, 1.54) is 0 Å². The summed E-state index contributed by atoms with van der Waals surface area (Å²) < 4.78 is 0. The van der Waals surface area contributed by atoms with Gasteiger partial charge >= 0.3 is 0 Å². The van der Waals surface area contributed by atoms with E-state index in [4.69, 9.17) is 23.7 Å². The molecule has 1 aromatic carbocycles. The van der Waals surface area contributed by atoms with Crippen molar-refractivity contribution in [3.05, 3.63) is 29.5 Å². The Labute approximate surface area is 129 Å². The first-order valence-electron chi connectivity index (χ1n) is 6.74. The Morgan fingerprint density at radius 3 is 2.52 bits per heavy atom. The third-order valence-electron chi connectivity index (χ3n) is 3.40. The second kappa shape index (κ2) is 6.01. The predicted octanol–water partition coefficient (Wildman–Crippen LogP) is 1.06. The van der Waals surface area contributed by atoms with Gasteiger partial charge in [0.05, 0.1) is 11.4 Å². The predicted molar refractivity (Wildman–Crippen MR) is 89.2 cm³/mol. The van der Waals surface area contributed by atoms with Gasteiger partial charge in [0.2, 0.25) is 0 Å². The number of hydrogen-bond acceptors (Lipinski definition) is 6. The van der Waals surface area contributed by atoms with Crippen LogP contribution in [0.15, 0.2) is 23.9 Å². The average Bonchev–Trinajstić information content (AvgIpc) is 2.48. The lowest BCUT2D eigenvalue weighted by Crippen LogP contribution is -2.42. The number of nitrogens with zero attached hydrogens (tertiary/aromatic N) is 1. The zero-order valence-corrected chi connectivity index (χ0v) is 12.9. The molecule has 1 aliphatic rings. The van der Waals surface area contributed by atoms with Gasteiger partial charge in [0.1, 0.15) is 10.6 Å². The molecule has 1 aromatic rings. The molecule has 0 aliphatic carbocycles. The van der Waals surface area contributed by atoms with Crippen molar-refractivity contribution in [2.75, 3.05) is 24.2 Å². The van der Waals surface area contributed by atoms with Gasteiger partial charge in [-0.2, -0.15) is 0 Å². The van der Waals surface area contributed by atoms with Crippen LogP contribution < -0.4 is 22.3 Å². The molecule has 0 fully saturated rings. The van der Waals surface area contributed by atoms with Crippen LogP contribution in [-0.2, 0) is 4.79 Å². The number of hydrogen-bond donors (Lipinski definition) is 4. The first kappa shape index (κ1) is 15.1. The molecule has 1 aliphatic heterocycles. The van der Waals surface area contributed by atoms with Crippen molar-refractivity contribution in [2.45, 2.75) is 13.8 Å². The van der Waals surface area contributed by atoms with Crippen molar-refractivity contribution in [3.8, 4) is 0 Å². The molecule has 0 spiro atoms. The minimum atomic E-state index is -0.213. The molecule has 2 rings (SSSR count). The summed E-state index contributed by atoms with van der Waals surface area (Å²) in [5, 5.41) is 0. The number of hydrazine groups is 1. The standard InChI is InChI=1S/C14H19N5OS/c1-3-19(4-2)14(20)13(21)12-11(16)9-7-8(15)5-6-10(9)17-18-12/h5-7,17-18H,3-4,15-16H2,1-2H3. The summed E-state index contributed by atoms with van der Waals surface area (Å²) >= 11 is 5.28. The minimum Gasteiger partial charge on any atom is -0.399 e. The maximum atomic E-state index is 12.3. The topological polar surface area (TPSA) is 96.4 Å². The molecule has 0 unspecified atom stereocenters. The fourth-order valence-corrected chi connectivity index (χ4v) is 2.46. The van der Waals surface area contributed by atoms with E-state index in [0.29, 0.717) is 30.2 Å². The van der Waals surface area contributed by atoms with E-state index in [1.54, 1.807) is 17.0 Å². The molecule has 0 aromatic heterocycles. The summed E-state index contributed by atoms with van der Waals surface area (Å²) in [6, 6.07) is 5.34. The van der Waals surface area contributed by atoms with Gasteiger partial charge in [-0.25, -0.2) is 0 Å². The summed E-state index contributed by atoms with van der Waals surface area (Å²) in [5.41, 5.74) is 20.8. The monoisotopic (exact) mass is 305 g/mol. The van der Waals surface area contributed by atoms with Gasteiger partial charge in [-0.15, -0.1) is 0 Å². The molecule has 21 heavy (non-hydrogen) atoms. The highest BCUT2D eigenvalue weighted by molar-refractivity contribution is 7.82. The molecule has 0 atom stereocenters. The molecule has 7 heteroatoms. The highest BCUT2D eigenvalue weighted by Crippen LogP contribution is 2.28. The summed E-state index contributed by atoms with van der Waals surface area (Å²) in [7, 11) is 0. The van der Waals surface area contributed by atoms with Gasteiger partial charge in [-0.1, -0.05) is 12.2 Å². The zero-order valence-electron chi connectivity index (χ0n) is 12.1. The minimum absolute atomic E-state index is 0.164. The molecule has 0 bridgehead atoms. The summed E-state index contributed by atoms with van der Waals surface area (Å²) in [6.07, 6.45) is 0. The molecule has 1 heterocycles. The van der Waals surface area contributed by atoms with Gasteiger partial charge in [0.15, 0.2) is 0 Å². The lowest BCUT2D eigenvalue weighted by molar-refractivity contribution is -0.123. The third kappa shape index (κ3) is 2.78. The lowest BCUT2D eigenvalue weighted by Gasteiger charge is -2.26. The van der Waals surface area contributed by atoms with E-state index >= 15 is 0 Å². The van der Waals surface area contributed by atoms with Crippen LogP contribution in [0.25, 0.3) is 5.70 Å². The van der Waals surface area contributed by atoms with Crippen LogP contribution >= 0.6 is 12.2 Å². The van der Waals surface area contributed by atoms with Crippen molar-refractivity contribution in [2.24, 2.45) is 5.73 Å². The van der Waals surface area contributed by atoms with Crippen LogP contribution in [0.5, 0.6) is 0 Å². The molecule has 6 N–H and O–H groups in total. The van der Waals surface area contributed by atoms with Crippen molar-refractivity contribution >= 4 is 40.1 Å². The second-order valence-electron chi connectivity index (χ2n) is 4.65. The quantitative estimate of drug-likeness (QED) is 0.491. The number of nitrogen functional groups attached to an aromatic ring is 1. The summed E-state index contributed by atoms with van der Waals surface area (Å²) in [4.78, 5) is 14.1. The first-order valence-corrected chi connectivity index (χ1v) is 7.15. The molecular weight excluding hydrogens is 286 g/mol. The number of anilines is 2. The molecule has 112 valence electrons. The highest BCUT2D eigenvalue weighted by Gasteiger charge is 2.25. The van der Waals surface area contributed by atoms with Crippen LogP contribution in [-0.4, -0.2) is 28.8 Å². The number of fused-ring (bicyclic) bond motifs is 1. The Morgan fingerprint density at radius 1 is 1.24 bits per heavy atom. The SMILES string of the molecule is CCN(CC)C(=O)C(=S)C1=C(N)c2cc(N)ccc2NN1. The van der Waals surface area contributed by atoms with Crippen molar-refractivity contribution in [1.29, 1.82) is 0 Å². The van der Waals surface area contributed by atoms with E-state index in [0.717, 1.165) is 11.3 Å². The molecular formula is C14H19N5OS. The van der Waals surface area contributed by atoms with E-state index in [1.807, 2.05) is 19.9 Å². The maximum absolute atomic E-state index is 12.3. The number of amides is 1. The van der Waals surface area contributed by atoms with Crippen molar-refractivity contribution in [1.82, 2.24) is 10.3 Å². The van der Waals surface area contributed by atoms with E-state index in [-0.39, 0.29) is 10.8 Å². The van der Waals surface area contributed by atoms with E-state index < -0.39 is 0 Å². The Kier molecular flexibility index (Phi) is 4.32. The summed E-state index contributed by atoms with van der Waals surface area (Å²) in [6.45, 7) is 5.01. The summed E-state index contributed by atoms with van der Waals surface area (Å²) in [5.74, 6) is -0.213. The normalized spacial score (nSPS) is 13.0. The van der Waals surface area contributed by atoms with Crippen molar-refractivity contribution in [3.63, 3.8) is 0 Å². The number of rotatable bonds is 4. The van der Waals surface area contributed by atoms with Crippen LogP contribution in [0.3, 0.4) is 0 Å². The molecule has 1 amide bonds. The Hall–Kier alpha value is -2.28. The van der Waals surface area contributed by atoms with Gasteiger partial charge < -0.3 is 21.8 Å². The first-order chi connectivity index (χ1) is 9.99. The van der Waals surface area contributed by atoms with E-state index in [2.05, 4.69) is 10.9 Å². The smallest absolute Gasteiger partial charge is 0.267 e. The Bertz CT molecular complexity index is 622. The van der Waals surface area contributed by atoms with Crippen LogP contribution in [0.2, 0.25) is 0 Å². The third-order valence-corrected chi connectivity index (χ3v) is 3.78. The number of nitrogens with two attached hydrogens (primary N) is 2. The van der Waals surface area contributed by atoms with Gasteiger partial charge in [0, 0.05) is 24.3 Å². The molecule has 0 radical (unpaired) electrons. The fourth-order valence-electron chi connectivity index (χ4n) is 2.17. The van der Waals surface area contributed by atoms with E-state index in [9.17, 15) is 4.79 Å². The number of thiocarbonyl (C=S) groups is 1. The maximum Gasteiger partial charge on any atom is 0.267 e. The largest absolute Gasteiger partial charge is 0.399 e. The average molecular weight is 305 g/mol. The van der Waals surface area contributed by atoms with Crippen LogP contribution in [0, 0.1) is 0 Å². The highest BCUT2D eigenvalue weighted by atomic mass is 32.1. The fraction of sp³-hybridized carbons (Fsp3) is 0.286. The second-order valence-corrected chi connectivity index (χ2v) is 5.06. The number of benzene rings is 1. The Morgan fingerprint density at radius 2 is 1.90 bits per heavy atom. The molecule has 6 nitrogen and oxygen atoms in total. The number of carbonyl (C=O) groups excluding carboxylic acids is 1. The Balaban J connectivity index is 2.38.